The molecule has 0 bridgehead atoms. The van der Waals surface area contributed by atoms with Gasteiger partial charge in [-0.3, -0.25) is 14.6 Å². The monoisotopic (exact) mass is 429 g/mol. The molecule has 0 unspecified atom stereocenters. The number of Topliss-reactive ketones (excluding diaryl/α,β-unsaturated/α-hetero) is 1. The summed E-state index contributed by atoms with van der Waals surface area (Å²) in [7, 11) is 4.01. The summed E-state index contributed by atoms with van der Waals surface area (Å²) in [6.07, 6.45) is 5.17. The van der Waals surface area contributed by atoms with Gasteiger partial charge in [-0.05, 0) is 55.4 Å². The van der Waals surface area contributed by atoms with Crippen LogP contribution in [0.1, 0.15) is 35.7 Å². The van der Waals surface area contributed by atoms with Crippen LogP contribution in [0.15, 0.2) is 73.1 Å². The van der Waals surface area contributed by atoms with Crippen LogP contribution in [0.3, 0.4) is 0 Å². The SMILES string of the molecule is CCC(=O)N(CCN(C)C)c1ccc(-c2ccc(C(=O)CCc3cccnc3)cc2)cc1. The van der Waals surface area contributed by atoms with Crippen LogP contribution in [-0.4, -0.2) is 48.8 Å². The Morgan fingerprint density at radius 2 is 1.53 bits per heavy atom. The quantitative estimate of drug-likeness (QED) is 0.432. The average molecular weight is 430 g/mol. The molecular formula is C27H31N3O2. The summed E-state index contributed by atoms with van der Waals surface area (Å²) >= 11 is 0. The lowest BCUT2D eigenvalue weighted by Gasteiger charge is -2.24. The van der Waals surface area contributed by atoms with Crippen molar-refractivity contribution in [1.82, 2.24) is 9.88 Å². The first-order chi connectivity index (χ1) is 15.5. The summed E-state index contributed by atoms with van der Waals surface area (Å²) in [6, 6.07) is 19.7. The van der Waals surface area contributed by atoms with Crippen LogP contribution in [0.4, 0.5) is 5.69 Å². The lowest BCUT2D eigenvalue weighted by Crippen LogP contribution is -2.36. The van der Waals surface area contributed by atoms with E-state index in [9.17, 15) is 9.59 Å². The van der Waals surface area contributed by atoms with E-state index in [0.29, 0.717) is 25.8 Å². The normalized spacial score (nSPS) is 10.9. The fraction of sp³-hybridized carbons (Fsp3) is 0.296. The molecule has 0 atom stereocenters. The topological polar surface area (TPSA) is 53.5 Å². The first-order valence-electron chi connectivity index (χ1n) is 11.1. The number of anilines is 1. The van der Waals surface area contributed by atoms with Gasteiger partial charge >= 0.3 is 0 Å². The molecule has 0 N–H and O–H groups in total. The van der Waals surface area contributed by atoms with Gasteiger partial charge in [0.05, 0.1) is 0 Å². The molecule has 5 nitrogen and oxygen atoms in total. The molecule has 166 valence electrons. The van der Waals surface area contributed by atoms with Gasteiger partial charge in [0.1, 0.15) is 0 Å². The third kappa shape index (κ3) is 6.34. The van der Waals surface area contributed by atoms with Crippen LogP contribution < -0.4 is 4.90 Å². The van der Waals surface area contributed by atoms with Gasteiger partial charge in [0.2, 0.25) is 5.91 Å². The standard InChI is InChI=1S/C27H31N3O2/c1-4-27(32)30(19-18-29(2)3)25-14-12-23(13-15-25)22-8-10-24(11-9-22)26(31)16-7-21-6-5-17-28-20-21/h5-6,8-15,17,20H,4,7,16,18-19H2,1-3H3. The van der Waals surface area contributed by atoms with Gasteiger partial charge in [-0.25, -0.2) is 0 Å². The van der Waals surface area contributed by atoms with E-state index in [1.807, 2.05) is 86.6 Å². The Bertz CT molecular complexity index is 1010. The van der Waals surface area contributed by atoms with E-state index < -0.39 is 0 Å². The van der Waals surface area contributed by atoms with E-state index in [4.69, 9.17) is 0 Å². The number of likely N-dealkylation sites (N-methyl/N-ethyl adjacent to an activating group) is 1. The predicted octanol–water partition coefficient (Wildman–Crippen LogP) is 4.87. The zero-order valence-corrected chi connectivity index (χ0v) is 19.1. The highest BCUT2D eigenvalue weighted by atomic mass is 16.2. The van der Waals surface area contributed by atoms with E-state index in [2.05, 4.69) is 9.88 Å². The molecular weight excluding hydrogens is 398 g/mol. The zero-order valence-electron chi connectivity index (χ0n) is 19.1. The van der Waals surface area contributed by atoms with Crippen molar-refractivity contribution >= 4 is 17.4 Å². The minimum absolute atomic E-state index is 0.119. The Morgan fingerprint density at radius 1 is 0.875 bits per heavy atom. The van der Waals surface area contributed by atoms with Gasteiger partial charge in [0.15, 0.2) is 5.78 Å². The van der Waals surface area contributed by atoms with Gasteiger partial charge in [0, 0.05) is 49.6 Å². The van der Waals surface area contributed by atoms with Crippen LogP contribution in [0.5, 0.6) is 0 Å². The number of carbonyl (C=O) groups excluding carboxylic acids is 2. The summed E-state index contributed by atoms with van der Waals surface area (Å²) in [4.78, 5) is 32.9. The Balaban J connectivity index is 1.66. The second kappa shape index (κ2) is 11.3. The molecule has 1 heterocycles. The van der Waals surface area contributed by atoms with Crippen LogP contribution in [0.25, 0.3) is 11.1 Å². The van der Waals surface area contributed by atoms with E-state index in [1.165, 1.54) is 0 Å². The highest BCUT2D eigenvalue weighted by molar-refractivity contribution is 5.96. The average Bonchev–Trinajstić information content (AvgIpc) is 2.83. The maximum atomic E-state index is 12.5. The molecule has 0 saturated heterocycles. The molecule has 0 saturated carbocycles. The van der Waals surface area contributed by atoms with Crippen molar-refractivity contribution in [1.29, 1.82) is 0 Å². The van der Waals surface area contributed by atoms with Crippen LogP contribution in [-0.2, 0) is 11.2 Å². The molecule has 0 fully saturated rings. The number of benzene rings is 2. The van der Waals surface area contributed by atoms with Gasteiger partial charge in [-0.15, -0.1) is 0 Å². The summed E-state index contributed by atoms with van der Waals surface area (Å²) in [5, 5.41) is 0. The molecule has 3 rings (SSSR count). The molecule has 1 amide bonds. The summed E-state index contributed by atoms with van der Waals surface area (Å²) in [5.74, 6) is 0.249. The molecule has 0 radical (unpaired) electrons. The molecule has 0 aliphatic heterocycles. The third-order valence-corrected chi connectivity index (χ3v) is 5.46. The van der Waals surface area contributed by atoms with E-state index >= 15 is 0 Å². The molecule has 5 heteroatoms. The van der Waals surface area contributed by atoms with Crippen molar-refractivity contribution in [3.8, 4) is 11.1 Å². The molecule has 32 heavy (non-hydrogen) atoms. The maximum absolute atomic E-state index is 12.5. The van der Waals surface area contributed by atoms with E-state index in [-0.39, 0.29) is 11.7 Å². The Hall–Kier alpha value is -3.31. The van der Waals surface area contributed by atoms with Crippen molar-refractivity contribution < 1.29 is 9.59 Å². The van der Waals surface area contributed by atoms with Crippen molar-refractivity contribution in [2.45, 2.75) is 26.2 Å². The number of hydrogen-bond donors (Lipinski definition) is 0. The summed E-state index contributed by atoms with van der Waals surface area (Å²) in [5.41, 5.74) is 4.79. The molecule has 3 aromatic rings. The zero-order chi connectivity index (χ0) is 22.9. The van der Waals surface area contributed by atoms with Crippen molar-refractivity contribution in [2.24, 2.45) is 0 Å². The van der Waals surface area contributed by atoms with Crippen molar-refractivity contribution in [3.63, 3.8) is 0 Å². The van der Waals surface area contributed by atoms with E-state index in [0.717, 1.165) is 34.5 Å². The Kier molecular flexibility index (Phi) is 8.28. The number of hydrogen-bond acceptors (Lipinski definition) is 4. The number of ketones is 1. The Labute approximate surface area is 190 Å². The molecule has 0 spiro atoms. The van der Waals surface area contributed by atoms with Gasteiger partial charge in [-0.1, -0.05) is 49.4 Å². The summed E-state index contributed by atoms with van der Waals surface area (Å²) in [6.45, 7) is 3.36. The fourth-order valence-electron chi connectivity index (χ4n) is 3.52. The first-order valence-corrected chi connectivity index (χ1v) is 11.1. The lowest BCUT2D eigenvalue weighted by atomic mass is 9.99. The summed E-state index contributed by atoms with van der Waals surface area (Å²) < 4.78 is 0. The number of aromatic nitrogens is 1. The lowest BCUT2D eigenvalue weighted by molar-refractivity contribution is -0.118. The van der Waals surface area contributed by atoms with Gasteiger partial charge in [-0.2, -0.15) is 0 Å². The molecule has 2 aromatic carbocycles. The number of pyridine rings is 1. The highest BCUT2D eigenvalue weighted by Crippen LogP contribution is 2.24. The number of rotatable bonds is 10. The van der Waals surface area contributed by atoms with Crippen molar-refractivity contribution in [3.05, 3.63) is 84.2 Å². The molecule has 1 aromatic heterocycles. The largest absolute Gasteiger partial charge is 0.311 e. The predicted molar refractivity (Wildman–Crippen MR) is 130 cm³/mol. The number of nitrogens with zero attached hydrogens (tertiary/aromatic N) is 3. The minimum atomic E-state index is 0.119. The fourth-order valence-corrected chi connectivity index (χ4v) is 3.52. The number of carbonyl (C=O) groups is 2. The minimum Gasteiger partial charge on any atom is -0.311 e. The van der Waals surface area contributed by atoms with Gasteiger partial charge < -0.3 is 9.80 Å². The molecule has 0 aliphatic carbocycles. The van der Waals surface area contributed by atoms with Crippen LogP contribution >= 0.6 is 0 Å². The first kappa shape index (κ1) is 23.4. The second-order valence-corrected chi connectivity index (χ2v) is 8.11. The van der Waals surface area contributed by atoms with Crippen molar-refractivity contribution in [2.75, 3.05) is 32.1 Å². The van der Waals surface area contributed by atoms with E-state index in [1.54, 1.807) is 12.4 Å². The van der Waals surface area contributed by atoms with Crippen LogP contribution in [0.2, 0.25) is 0 Å². The smallest absolute Gasteiger partial charge is 0.226 e. The number of aryl methyl sites for hydroxylation is 1. The van der Waals surface area contributed by atoms with Gasteiger partial charge in [0.25, 0.3) is 0 Å². The maximum Gasteiger partial charge on any atom is 0.226 e. The highest BCUT2D eigenvalue weighted by Gasteiger charge is 2.14. The van der Waals surface area contributed by atoms with Crippen LogP contribution in [0, 0.1) is 0 Å². The Morgan fingerprint density at radius 3 is 2.09 bits per heavy atom. The number of amides is 1. The second-order valence-electron chi connectivity index (χ2n) is 8.11. The third-order valence-electron chi connectivity index (χ3n) is 5.46. The molecule has 0 aliphatic rings.